The summed E-state index contributed by atoms with van der Waals surface area (Å²) in [7, 11) is -3.63. The second-order valence-electron chi connectivity index (χ2n) is 4.66. The summed E-state index contributed by atoms with van der Waals surface area (Å²) in [6.07, 6.45) is 0.316. The number of benzene rings is 1. The van der Waals surface area contributed by atoms with Crippen molar-refractivity contribution in [3.05, 3.63) is 64.7 Å². The number of sulfonamides is 1. The van der Waals surface area contributed by atoms with Crippen LogP contribution in [0, 0.1) is 5.82 Å². The minimum absolute atomic E-state index is 0.199. The van der Waals surface area contributed by atoms with Gasteiger partial charge in [0.2, 0.25) is 10.0 Å². The molecule has 0 aliphatic heterocycles. The van der Waals surface area contributed by atoms with E-state index in [1.165, 1.54) is 36.5 Å². The molecule has 1 aromatic heterocycles. The van der Waals surface area contributed by atoms with E-state index in [0.717, 1.165) is 0 Å². The molecular weight excluding hydrogens is 331 g/mol. The Morgan fingerprint density at radius 3 is 2.50 bits per heavy atom. The van der Waals surface area contributed by atoms with E-state index < -0.39 is 21.9 Å². The molecule has 0 spiro atoms. The highest BCUT2D eigenvalue weighted by Gasteiger charge is 2.15. The molecule has 2 rings (SSSR count). The molecular formula is C14H14ClFN2O3S. The lowest BCUT2D eigenvalue weighted by Gasteiger charge is -2.12. The molecule has 0 bridgehead atoms. The van der Waals surface area contributed by atoms with Crippen molar-refractivity contribution in [1.82, 2.24) is 9.71 Å². The number of nitrogens with one attached hydrogen (secondary N) is 1. The molecule has 0 fully saturated rings. The summed E-state index contributed by atoms with van der Waals surface area (Å²) in [6, 6.07) is 8.26. The quantitative estimate of drug-likeness (QED) is 0.786. The zero-order chi connectivity index (χ0) is 16.2. The van der Waals surface area contributed by atoms with Crippen LogP contribution in [-0.4, -0.2) is 25.1 Å². The van der Waals surface area contributed by atoms with E-state index in [2.05, 4.69) is 9.71 Å². The van der Waals surface area contributed by atoms with E-state index in [1.807, 2.05) is 0 Å². The molecule has 1 heterocycles. The van der Waals surface area contributed by atoms with Gasteiger partial charge in [-0.15, -0.1) is 0 Å². The smallest absolute Gasteiger partial charge is 0.215 e. The van der Waals surface area contributed by atoms with Gasteiger partial charge in [0.15, 0.2) is 0 Å². The van der Waals surface area contributed by atoms with Gasteiger partial charge in [-0.05, 0) is 29.3 Å². The number of hydrogen-bond donors (Lipinski definition) is 2. The van der Waals surface area contributed by atoms with Crippen LogP contribution in [0.4, 0.5) is 4.39 Å². The van der Waals surface area contributed by atoms with Crippen LogP contribution in [0.15, 0.2) is 42.6 Å². The van der Waals surface area contributed by atoms with Crippen molar-refractivity contribution in [2.24, 2.45) is 0 Å². The van der Waals surface area contributed by atoms with Gasteiger partial charge in [-0.1, -0.05) is 29.8 Å². The summed E-state index contributed by atoms with van der Waals surface area (Å²) in [5.41, 5.74) is 0.908. The average molecular weight is 345 g/mol. The standard InChI is InChI=1S/C14H14ClFN2O3S/c15-14-6-1-10(7-17-14)9-22(20,21)18-8-13(19)11-2-4-12(16)5-3-11/h1-7,13,18-19H,8-9H2. The lowest BCUT2D eigenvalue weighted by atomic mass is 10.1. The van der Waals surface area contributed by atoms with Crippen molar-refractivity contribution in [3.63, 3.8) is 0 Å². The van der Waals surface area contributed by atoms with Gasteiger partial charge in [0, 0.05) is 12.7 Å². The van der Waals surface area contributed by atoms with E-state index in [4.69, 9.17) is 11.6 Å². The monoisotopic (exact) mass is 344 g/mol. The van der Waals surface area contributed by atoms with Gasteiger partial charge in [0.05, 0.1) is 11.9 Å². The molecule has 2 N–H and O–H groups in total. The third kappa shape index (κ3) is 5.03. The highest BCUT2D eigenvalue weighted by Crippen LogP contribution is 2.13. The third-order valence-electron chi connectivity index (χ3n) is 2.90. The molecule has 0 aliphatic carbocycles. The predicted octanol–water partition coefficient (Wildman–Crippen LogP) is 2.03. The van der Waals surface area contributed by atoms with E-state index in [1.54, 1.807) is 6.07 Å². The average Bonchev–Trinajstić information content (AvgIpc) is 2.48. The topological polar surface area (TPSA) is 79.3 Å². The van der Waals surface area contributed by atoms with Crippen molar-refractivity contribution in [3.8, 4) is 0 Å². The first-order chi connectivity index (χ1) is 10.4. The van der Waals surface area contributed by atoms with Gasteiger partial charge in [0.25, 0.3) is 0 Å². The van der Waals surface area contributed by atoms with Crippen LogP contribution < -0.4 is 4.72 Å². The lowest BCUT2D eigenvalue weighted by Crippen LogP contribution is -2.29. The van der Waals surface area contributed by atoms with Gasteiger partial charge in [-0.2, -0.15) is 0 Å². The van der Waals surface area contributed by atoms with Crippen LogP contribution >= 0.6 is 11.6 Å². The van der Waals surface area contributed by atoms with E-state index in [-0.39, 0.29) is 17.5 Å². The Morgan fingerprint density at radius 2 is 1.91 bits per heavy atom. The van der Waals surface area contributed by atoms with Crippen LogP contribution in [-0.2, 0) is 15.8 Å². The Kier molecular flexibility index (Phi) is 5.47. The fourth-order valence-corrected chi connectivity index (χ4v) is 3.01. The first kappa shape index (κ1) is 16.8. The molecule has 1 aromatic carbocycles. The Bertz CT molecular complexity index is 721. The van der Waals surface area contributed by atoms with Gasteiger partial charge in [0.1, 0.15) is 11.0 Å². The largest absolute Gasteiger partial charge is 0.387 e. The molecule has 0 saturated heterocycles. The Labute approximate surface area is 132 Å². The summed E-state index contributed by atoms with van der Waals surface area (Å²) in [6.45, 7) is -0.199. The van der Waals surface area contributed by atoms with E-state index in [0.29, 0.717) is 11.1 Å². The number of aliphatic hydroxyl groups excluding tert-OH is 1. The highest BCUT2D eigenvalue weighted by atomic mass is 35.5. The molecule has 1 unspecified atom stereocenters. The number of nitrogens with zero attached hydrogens (tertiary/aromatic N) is 1. The fraction of sp³-hybridized carbons (Fsp3) is 0.214. The first-order valence-corrected chi connectivity index (χ1v) is 8.40. The molecule has 1 atom stereocenters. The Hall–Kier alpha value is -1.54. The fourth-order valence-electron chi connectivity index (χ4n) is 1.77. The molecule has 0 radical (unpaired) electrons. The van der Waals surface area contributed by atoms with E-state index in [9.17, 15) is 17.9 Å². The maximum absolute atomic E-state index is 12.8. The van der Waals surface area contributed by atoms with E-state index >= 15 is 0 Å². The summed E-state index contributed by atoms with van der Waals surface area (Å²) in [5.74, 6) is -0.695. The number of aliphatic hydroxyl groups is 1. The molecule has 0 aliphatic rings. The van der Waals surface area contributed by atoms with Gasteiger partial charge < -0.3 is 5.11 Å². The lowest BCUT2D eigenvalue weighted by molar-refractivity contribution is 0.182. The van der Waals surface area contributed by atoms with Crippen molar-refractivity contribution >= 4 is 21.6 Å². The maximum Gasteiger partial charge on any atom is 0.215 e. The predicted molar refractivity (Wildman–Crippen MR) is 81.2 cm³/mol. The van der Waals surface area contributed by atoms with Gasteiger partial charge in [-0.3, -0.25) is 0 Å². The molecule has 5 nitrogen and oxygen atoms in total. The molecule has 0 saturated carbocycles. The molecule has 118 valence electrons. The summed E-state index contributed by atoms with van der Waals surface area (Å²) in [5, 5.41) is 10.2. The zero-order valence-corrected chi connectivity index (χ0v) is 13.0. The van der Waals surface area contributed by atoms with Crippen molar-refractivity contribution < 1.29 is 17.9 Å². The maximum atomic E-state index is 12.8. The molecule has 8 heteroatoms. The molecule has 0 amide bonds. The summed E-state index contributed by atoms with van der Waals surface area (Å²) in [4.78, 5) is 3.80. The minimum Gasteiger partial charge on any atom is -0.387 e. The second-order valence-corrected chi connectivity index (χ2v) is 6.86. The number of halogens is 2. The summed E-state index contributed by atoms with van der Waals surface area (Å²) >= 11 is 5.63. The number of rotatable bonds is 6. The van der Waals surface area contributed by atoms with Crippen molar-refractivity contribution in [1.29, 1.82) is 0 Å². The Balaban J connectivity index is 1.94. The minimum atomic E-state index is -3.63. The Morgan fingerprint density at radius 1 is 1.23 bits per heavy atom. The van der Waals surface area contributed by atoms with Gasteiger partial charge >= 0.3 is 0 Å². The summed E-state index contributed by atoms with van der Waals surface area (Å²) < 4.78 is 39.0. The SMILES string of the molecule is O=S(=O)(Cc1ccc(Cl)nc1)NCC(O)c1ccc(F)cc1. The first-order valence-electron chi connectivity index (χ1n) is 6.37. The van der Waals surface area contributed by atoms with Crippen molar-refractivity contribution in [2.75, 3.05) is 6.54 Å². The highest BCUT2D eigenvalue weighted by molar-refractivity contribution is 7.88. The zero-order valence-electron chi connectivity index (χ0n) is 11.4. The van der Waals surface area contributed by atoms with Gasteiger partial charge in [-0.25, -0.2) is 22.5 Å². The second kappa shape index (κ2) is 7.15. The van der Waals surface area contributed by atoms with Crippen LogP contribution in [0.25, 0.3) is 0 Å². The van der Waals surface area contributed by atoms with Crippen LogP contribution in [0.1, 0.15) is 17.2 Å². The number of aromatic nitrogens is 1. The van der Waals surface area contributed by atoms with Crippen LogP contribution in [0.5, 0.6) is 0 Å². The normalized spacial score (nSPS) is 13.0. The number of pyridine rings is 1. The van der Waals surface area contributed by atoms with Crippen molar-refractivity contribution in [2.45, 2.75) is 11.9 Å². The number of hydrogen-bond acceptors (Lipinski definition) is 4. The van der Waals surface area contributed by atoms with Crippen LogP contribution in [0.3, 0.4) is 0 Å². The molecule has 22 heavy (non-hydrogen) atoms. The molecule has 2 aromatic rings. The van der Waals surface area contributed by atoms with Crippen LogP contribution in [0.2, 0.25) is 5.15 Å². The third-order valence-corrected chi connectivity index (χ3v) is 4.44.